The number of hydrogen-bond acceptors (Lipinski definition) is 5. The number of anilines is 2. The van der Waals surface area contributed by atoms with Crippen molar-refractivity contribution in [2.24, 2.45) is 0 Å². The lowest BCUT2D eigenvalue weighted by molar-refractivity contribution is 0.0690. The molecule has 2 aliphatic rings. The zero-order chi connectivity index (χ0) is 14.3. The fourth-order valence-corrected chi connectivity index (χ4v) is 2.63. The molecule has 4 N–H and O–H groups in total. The van der Waals surface area contributed by atoms with Gasteiger partial charge < -0.3 is 26.0 Å². The molecule has 0 aromatic carbocycles. The van der Waals surface area contributed by atoms with Gasteiger partial charge in [-0.2, -0.15) is 0 Å². The Hall–Kier alpha value is -2.51. The van der Waals surface area contributed by atoms with Crippen LogP contribution in [0.1, 0.15) is 10.5 Å². The van der Waals surface area contributed by atoms with Crippen molar-refractivity contribution in [3.8, 4) is 0 Å². The summed E-state index contributed by atoms with van der Waals surface area (Å²) in [5.74, 6) is -0.605. The fraction of sp³-hybridized carbons (Fsp3) is 0.417. The molecule has 1 unspecified atom stereocenters. The smallest absolute Gasteiger partial charge is 0.354 e. The molecule has 0 spiro atoms. The van der Waals surface area contributed by atoms with E-state index in [-0.39, 0.29) is 17.8 Å². The molecule has 2 aliphatic heterocycles. The highest BCUT2D eigenvalue weighted by Gasteiger charge is 2.36. The number of carboxylic acids is 1. The number of piperazine rings is 1. The number of rotatable bonds is 2. The molecular weight excluding hydrogens is 262 g/mol. The van der Waals surface area contributed by atoms with E-state index in [0.29, 0.717) is 37.7 Å². The monoisotopic (exact) mass is 277 g/mol. The molecule has 0 aliphatic carbocycles. The number of nitrogen functional groups attached to an aromatic ring is 1. The van der Waals surface area contributed by atoms with E-state index in [9.17, 15) is 9.59 Å². The van der Waals surface area contributed by atoms with Crippen molar-refractivity contribution in [3.05, 3.63) is 17.8 Å². The van der Waals surface area contributed by atoms with Crippen molar-refractivity contribution in [2.75, 3.05) is 36.8 Å². The van der Waals surface area contributed by atoms with Crippen molar-refractivity contribution in [1.82, 2.24) is 15.2 Å². The molecule has 20 heavy (non-hydrogen) atoms. The van der Waals surface area contributed by atoms with Crippen molar-refractivity contribution in [1.29, 1.82) is 0 Å². The van der Waals surface area contributed by atoms with Gasteiger partial charge in [-0.1, -0.05) is 0 Å². The Balaban J connectivity index is 1.85. The number of carbonyl (C=O) groups excluding carboxylic acids is 1. The molecule has 2 saturated heterocycles. The van der Waals surface area contributed by atoms with E-state index in [1.54, 1.807) is 11.0 Å². The third-order valence-corrected chi connectivity index (χ3v) is 3.66. The van der Waals surface area contributed by atoms with Crippen molar-refractivity contribution >= 4 is 23.5 Å². The van der Waals surface area contributed by atoms with Crippen LogP contribution in [0.5, 0.6) is 0 Å². The van der Waals surface area contributed by atoms with Crippen LogP contribution in [-0.2, 0) is 0 Å². The number of hydrogen-bond donors (Lipinski definition) is 3. The Labute approximate surface area is 115 Å². The van der Waals surface area contributed by atoms with Gasteiger partial charge in [0.25, 0.3) is 0 Å². The average Bonchev–Trinajstić information content (AvgIpc) is 2.80. The van der Waals surface area contributed by atoms with Crippen LogP contribution in [-0.4, -0.2) is 59.2 Å². The second-order valence-electron chi connectivity index (χ2n) is 4.89. The van der Waals surface area contributed by atoms with Crippen LogP contribution in [0.3, 0.4) is 0 Å². The first kappa shape index (κ1) is 12.5. The number of amides is 2. The number of nitrogens with zero attached hydrogens (tertiary/aromatic N) is 3. The molecule has 2 amide bonds. The fourth-order valence-electron chi connectivity index (χ4n) is 2.63. The van der Waals surface area contributed by atoms with Crippen molar-refractivity contribution < 1.29 is 14.7 Å². The van der Waals surface area contributed by atoms with Gasteiger partial charge in [-0.05, 0) is 12.1 Å². The number of aromatic carboxylic acids is 1. The summed E-state index contributed by atoms with van der Waals surface area (Å²) in [4.78, 5) is 30.4. The lowest BCUT2D eigenvalue weighted by atomic mass is 10.2. The van der Waals surface area contributed by atoms with Gasteiger partial charge >= 0.3 is 12.0 Å². The number of nitrogens with two attached hydrogens (primary N) is 1. The van der Waals surface area contributed by atoms with Crippen LogP contribution < -0.4 is 16.0 Å². The summed E-state index contributed by atoms with van der Waals surface area (Å²) >= 11 is 0. The van der Waals surface area contributed by atoms with Gasteiger partial charge in [-0.15, -0.1) is 0 Å². The van der Waals surface area contributed by atoms with E-state index in [0.717, 1.165) is 0 Å². The maximum Gasteiger partial charge on any atom is 0.354 e. The molecule has 1 aromatic heterocycles. The molecule has 2 fully saturated rings. The summed E-state index contributed by atoms with van der Waals surface area (Å²) in [6, 6.07) is 2.97. The van der Waals surface area contributed by atoms with Gasteiger partial charge in [-0.25, -0.2) is 14.6 Å². The molecule has 8 heteroatoms. The Morgan fingerprint density at radius 1 is 1.45 bits per heavy atom. The van der Waals surface area contributed by atoms with Gasteiger partial charge in [-0.3, -0.25) is 0 Å². The van der Waals surface area contributed by atoms with Crippen LogP contribution in [0.15, 0.2) is 12.1 Å². The molecule has 1 aromatic rings. The standard InChI is InChI=1S/C12H15N5O3/c13-8-1-2-9(11(18)19)15-10(8)16-3-4-17-7(6-16)5-14-12(17)20/h1-2,7H,3-6,13H2,(H,14,20)(H,18,19). The number of nitrogens with one attached hydrogen (secondary N) is 1. The number of carbonyl (C=O) groups is 2. The Morgan fingerprint density at radius 2 is 2.25 bits per heavy atom. The van der Waals surface area contributed by atoms with Gasteiger partial charge in [0.2, 0.25) is 0 Å². The van der Waals surface area contributed by atoms with Gasteiger partial charge in [0.1, 0.15) is 0 Å². The predicted octanol–water partition coefficient (Wildman–Crippen LogP) is -0.424. The molecule has 0 bridgehead atoms. The third-order valence-electron chi connectivity index (χ3n) is 3.66. The first-order chi connectivity index (χ1) is 9.56. The molecule has 1 atom stereocenters. The first-order valence-electron chi connectivity index (χ1n) is 6.35. The Bertz CT molecular complexity index is 576. The van der Waals surface area contributed by atoms with Crippen LogP contribution in [0, 0.1) is 0 Å². The average molecular weight is 277 g/mol. The van der Waals surface area contributed by atoms with Crippen LogP contribution in [0.2, 0.25) is 0 Å². The largest absolute Gasteiger partial charge is 0.477 e. The van der Waals surface area contributed by atoms with Crippen LogP contribution >= 0.6 is 0 Å². The summed E-state index contributed by atoms with van der Waals surface area (Å²) < 4.78 is 0. The third kappa shape index (κ3) is 1.98. The molecule has 3 heterocycles. The van der Waals surface area contributed by atoms with E-state index >= 15 is 0 Å². The molecule has 106 valence electrons. The molecule has 8 nitrogen and oxygen atoms in total. The van der Waals surface area contributed by atoms with Gasteiger partial charge in [0.05, 0.1) is 11.7 Å². The highest BCUT2D eigenvalue weighted by atomic mass is 16.4. The van der Waals surface area contributed by atoms with Gasteiger partial charge in [0.15, 0.2) is 11.5 Å². The normalized spacial score (nSPS) is 21.6. The first-order valence-corrected chi connectivity index (χ1v) is 6.35. The summed E-state index contributed by atoms with van der Waals surface area (Å²) in [6.07, 6.45) is 0. The minimum absolute atomic E-state index is 0.0303. The number of aromatic nitrogens is 1. The summed E-state index contributed by atoms with van der Waals surface area (Å²) in [6.45, 7) is 2.35. The lowest BCUT2D eigenvalue weighted by Gasteiger charge is -2.37. The number of urea groups is 1. The summed E-state index contributed by atoms with van der Waals surface area (Å²) in [5.41, 5.74) is 6.31. The molecule has 3 rings (SSSR count). The topological polar surface area (TPSA) is 112 Å². The zero-order valence-electron chi connectivity index (χ0n) is 10.7. The number of pyridine rings is 1. The predicted molar refractivity (Wildman–Crippen MR) is 71.7 cm³/mol. The summed E-state index contributed by atoms with van der Waals surface area (Å²) in [5, 5.41) is 11.8. The van der Waals surface area contributed by atoms with Crippen molar-refractivity contribution in [3.63, 3.8) is 0 Å². The lowest BCUT2D eigenvalue weighted by Crippen LogP contribution is -2.52. The van der Waals surface area contributed by atoms with E-state index in [2.05, 4.69) is 10.3 Å². The van der Waals surface area contributed by atoms with Crippen LogP contribution in [0.4, 0.5) is 16.3 Å². The van der Waals surface area contributed by atoms with E-state index in [1.807, 2.05) is 4.90 Å². The second-order valence-corrected chi connectivity index (χ2v) is 4.89. The number of carboxylic acid groups (broad SMARTS) is 1. The zero-order valence-corrected chi connectivity index (χ0v) is 10.7. The summed E-state index contributed by atoms with van der Waals surface area (Å²) in [7, 11) is 0. The molecule has 0 radical (unpaired) electrons. The SMILES string of the molecule is Nc1ccc(C(=O)O)nc1N1CCN2C(=O)NCC2C1. The highest BCUT2D eigenvalue weighted by Crippen LogP contribution is 2.25. The maximum atomic E-state index is 11.5. The van der Waals surface area contributed by atoms with E-state index in [1.165, 1.54) is 6.07 Å². The van der Waals surface area contributed by atoms with E-state index in [4.69, 9.17) is 10.8 Å². The number of fused-ring (bicyclic) bond motifs is 1. The van der Waals surface area contributed by atoms with E-state index < -0.39 is 5.97 Å². The minimum Gasteiger partial charge on any atom is -0.477 e. The maximum absolute atomic E-state index is 11.5. The molecular formula is C12H15N5O3. The Morgan fingerprint density at radius 3 is 3.00 bits per heavy atom. The quantitative estimate of drug-likeness (QED) is 0.676. The van der Waals surface area contributed by atoms with Crippen LogP contribution in [0.25, 0.3) is 0 Å². The minimum atomic E-state index is -1.08. The molecule has 0 saturated carbocycles. The van der Waals surface area contributed by atoms with Gasteiger partial charge in [0, 0.05) is 26.2 Å². The highest BCUT2D eigenvalue weighted by molar-refractivity contribution is 5.87. The van der Waals surface area contributed by atoms with Crippen molar-refractivity contribution in [2.45, 2.75) is 6.04 Å². The Kier molecular flexibility index (Phi) is 2.85. The second kappa shape index (κ2) is 4.55.